The maximum atomic E-state index is 11.3. The summed E-state index contributed by atoms with van der Waals surface area (Å²) in [5.74, 6) is -0.246. The van der Waals surface area contributed by atoms with E-state index >= 15 is 0 Å². The molecule has 15 heavy (non-hydrogen) atoms. The van der Waals surface area contributed by atoms with Gasteiger partial charge in [0.1, 0.15) is 5.60 Å². The molecule has 90 valence electrons. The highest BCUT2D eigenvalue weighted by atomic mass is 16.6. The fraction of sp³-hybridized carbons (Fsp3) is 0.900. The maximum absolute atomic E-state index is 11.3. The number of carbonyl (C=O) groups excluding carboxylic acids is 1. The molecule has 1 unspecified atom stereocenters. The van der Waals surface area contributed by atoms with Crippen LogP contribution in [-0.2, 0) is 9.53 Å². The van der Waals surface area contributed by atoms with Crippen LogP contribution >= 0.6 is 0 Å². The molecule has 0 fully saturated rings. The summed E-state index contributed by atoms with van der Waals surface area (Å²) in [6, 6.07) is 0. The van der Waals surface area contributed by atoms with Crippen molar-refractivity contribution in [3.8, 4) is 0 Å². The molecule has 0 aliphatic heterocycles. The van der Waals surface area contributed by atoms with Crippen LogP contribution in [0.3, 0.4) is 0 Å². The zero-order valence-electron chi connectivity index (χ0n) is 10.1. The fourth-order valence-electron chi connectivity index (χ4n) is 0.986. The second-order valence-corrected chi connectivity index (χ2v) is 4.43. The lowest BCUT2D eigenvalue weighted by atomic mass is 10.2. The lowest BCUT2D eigenvalue weighted by molar-refractivity contribution is -0.153. The smallest absolute Gasteiger partial charge is 0.320 e. The van der Waals surface area contributed by atoms with Gasteiger partial charge in [-0.25, -0.2) is 0 Å². The predicted octanol–water partition coefficient (Wildman–Crippen LogP) is -0.188. The molecule has 0 heterocycles. The molecular weight excluding hydrogens is 194 g/mol. The van der Waals surface area contributed by atoms with Gasteiger partial charge < -0.3 is 15.8 Å². The molecule has 0 aromatic rings. The van der Waals surface area contributed by atoms with E-state index < -0.39 is 5.60 Å². The first-order chi connectivity index (χ1) is 6.85. The number of carbonyl (C=O) groups is 1. The monoisotopic (exact) mass is 217 g/mol. The van der Waals surface area contributed by atoms with E-state index in [2.05, 4.69) is 10.6 Å². The Labute approximate surface area is 91.7 Å². The largest absolute Gasteiger partial charge is 0.459 e. The van der Waals surface area contributed by atoms with E-state index in [9.17, 15) is 4.79 Å². The van der Waals surface area contributed by atoms with E-state index in [4.69, 9.17) is 10.5 Å². The Morgan fingerprint density at radius 2 is 2.00 bits per heavy atom. The lowest BCUT2D eigenvalue weighted by Gasteiger charge is -2.21. The van der Waals surface area contributed by atoms with Crippen molar-refractivity contribution in [2.45, 2.75) is 39.5 Å². The van der Waals surface area contributed by atoms with Crippen LogP contribution in [0.25, 0.3) is 0 Å². The van der Waals surface area contributed by atoms with E-state index in [1.54, 1.807) is 0 Å². The third-order valence-corrected chi connectivity index (χ3v) is 1.57. The minimum absolute atomic E-state index is 0.0565. The summed E-state index contributed by atoms with van der Waals surface area (Å²) in [7, 11) is 0. The molecule has 0 bridgehead atoms. The summed E-state index contributed by atoms with van der Waals surface area (Å²) in [6.45, 7) is 8.99. The Hall–Kier alpha value is -0.650. The highest BCUT2D eigenvalue weighted by Gasteiger charge is 2.16. The van der Waals surface area contributed by atoms with Crippen molar-refractivity contribution < 1.29 is 9.53 Å². The summed E-state index contributed by atoms with van der Waals surface area (Å²) in [4.78, 5) is 11.3. The molecule has 0 saturated heterocycles. The van der Waals surface area contributed by atoms with Crippen molar-refractivity contribution in [2.24, 2.45) is 5.73 Å². The molecule has 0 rings (SSSR count). The van der Waals surface area contributed by atoms with Crippen LogP contribution in [0.15, 0.2) is 0 Å². The second kappa shape index (κ2) is 6.76. The van der Waals surface area contributed by atoms with Crippen molar-refractivity contribution in [1.82, 2.24) is 10.6 Å². The van der Waals surface area contributed by atoms with Crippen LogP contribution in [0.5, 0.6) is 0 Å². The third-order valence-electron chi connectivity index (χ3n) is 1.57. The number of hydrogen-bond acceptors (Lipinski definition) is 5. The molecule has 0 amide bonds. The van der Waals surface area contributed by atoms with Gasteiger partial charge in [0.05, 0.1) is 12.7 Å². The SMILES string of the molecule is CC(NCCN)NCC(=O)OC(C)(C)C. The molecular formula is C10H23N3O2. The van der Waals surface area contributed by atoms with Crippen LogP contribution in [0.1, 0.15) is 27.7 Å². The van der Waals surface area contributed by atoms with E-state index in [-0.39, 0.29) is 18.7 Å². The van der Waals surface area contributed by atoms with E-state index in [0.29, 0.717) is 6.54 Å². The molecule has 1 atom stereocenters. The van der Waals surface area contributed by atoms with Crippen molar-refractivity contribution in [1.29, 1.82) is 0 Å². The average molecular weight is 217 g/mol. The number of ether oxygens (including phenoxy) is 1. The van der Waals surface area contributed by atoms with Gasteiger partial charge in [-0.15, -0.1) is 0 Å². The van der Waals surface area contributed by atoms with Gasteiger partial charge in [-0.1, -0.05) is 0 Å². The zero-order valence-corrected chi connectivity index (χ0v) is 10.1. The number of esters is 1. The van der Waals surface area contributed by atoms with Crippen molar-refractivity contribution >= 4 is 5.97 Å². The molecule has 0 aromatic carbocycles. The summed E-state index contributed by atoms with van der Waals surface area (Å²) in [5.41, 5.74) is 4.91. The number of hydrogen-bond donors (Lipinski definition) is 3. The predicted molar refractivity (Wildman–Crippen MR) is 60.4 cm³/mol. The number of rotatable bonds is 6. The molecule has 0 aromatic heterocycles. The van der Waals surface area contributed by atoms with Crippen molar-refractivity contribution in [3.05, 3.63) is 0 Å². The molecule has 0 aliphatic carbocycles. The van der Waals surface area contributed by atoms with E-state index in [1.807, 2.05) is 27.7 Å². The Balaban J connectivity index is 3.62. The van der Waals surface area contributed by atoms with Crippen molar-refractivity contribution in [3.63, 3.8) is 0 Å². The normalized spacial score (nSPS) is 13.7. The first kappa shape index (κ1) is 14.3. The van der Waals surface area contributed by atoms with E-state index in [1.165, 1.54) is 0 Å². The van der Waals surface area contributed by atoms with Gasteiger partial charge in [-0.05, 0) is 27.7 Å². The average Bonchev–Trinajstić information content (AvgIpc) is 2.08. The molecule has 5 nitrogen and oxygen atoms in total. The van der Waals surface area contributed by atoms with Crippen LogP contribution in [0, 0.1) is 0 Å². The summed E-state index contributed by atoms with van der Waals surface area (Å²) >= 11 is 0. The third kappa shape index (κ3) is 9.65. The molecule has 5 heteroatoms. The number of nitrogens with one attached hydrogen (secondary N) is 2. The fourth-order valence-corrected chi connectivity index (χ4v) is 0.986. The van der Waals surface area contributed by atoms with Crippen molar-refractivity contribution in [2.75, 3.05) is 19.6 Å². The maximum Gasteiger partial charge on any atom is 0.320 e. The van der Waals surface area contributed by atoms with Crippen LogP contribution in [0.2, 0.25) is 0 Å². The molecule has 0 saturated carbocycles. The van der Waals surface area contributed by atoms with Crippen LogP contribution in [-0.4, -0.2) is 37.4 Å². The Bertz CT molecular complexity index is 190. The lowest BCUT2D eigenvalue weighted by Crippen LogP contribution is -2.45. The standard InChI is InChI=1S/C10H23N3O2/c1-8(12-6-5-11)13-7-9(14)15-10(2,3)4/h8,12-13H,5-7,11H2,1-4H3. The Kier molecular flexibility index (Phi) is 6.47. The highest BCUT2D eigenvalue weighted by Crippen LogP contribution is 2.06. The molecule has 0 radical (unpaired) electrons. The first-order valence-corrected chi connectivity index (χ1v) is 5.24. The van der Waals surface area contributed by atoms with Gasteiger partial charge in [-0.2, -0.15) is 0 Å². The summed E-state index contributed by atoms with van der Waals surface area (Å²) in [5, 5.41) is 6.11. The van der Waals surface area contributed by atoms with Gasteiger partial charge >= 0.3 is 5.97 Å². The first-order valence-electron chi connectivity index (χ1n) is 5.24. The summed E-state index contributed by atoms with van der Waals surface area (Å²) in [6.07, 6.45) is 0.0565. The summed E-state index contributed by atoms with van der Waals surface area (Å²) < 4.78 is 5.14. The van der Waals surface area contributed by atoms with Crippen LogP contribution in [0.4, 0.5) is 0 Å². The molecule has 0 aliphatic rings. The van der Waals surface area contributed by atoms with Gasteiger partial charge in [-0.3, -0.25) is 10.1 Å². The topological polar surface area (TPSA) is 76.4 Å². The number of nitrogens with two attached hydrogens (primary N) is 1. The highest BCUT2D eigenvalue weighted by molar-refractivity contribution is 5.72. The van der Waals surface area contributed by atoms with Crippen LogP contribution < -0.4 is 16.4 Å². The quantitative estimate of drug-likeness (QED) is 0.425. The van der Waals surface area contributed by atoms with Gasteiger partial charge in [0.2, 0.25) is 0 Å². The minimum atomic E-state index is -0.424. The van der Waals surface area contributed by atoms with E-state index in [0.717, 1.165) is 6.54 Å². The van der Waals surface area contributed by atoms with Gasteiger partial charge in [0.25, 0.3) is 0 Å². The van der Waals surface area contributed by atoms with Gasteiger partial charge in [0, 0.05) is 13.1 Å². The zero-order chi connectivity index (χ0) is 11.9. The molecule has 4 N–H and O–H groups in total. The minimum Gasteiger partial charge on any atom is -0.459 e. The Morgan fingerprint density at radius 1 is 1.40 bits per heavy atom. The van der Waals surface area contributed by atoms with Gasteiger partial charge in [0.15, 0.2) is 0 Å². The Morgan fingerprint density at radius 3 is 2.47 bits per heavy atom. The second-order valence-electron chi connectivity index (χ2n) is 4.43. The molecule has 0 spiro atoms.